The van der Waals surface area contributed by atoms with E-state index in [4.69, 9.17) is 15.9 Å². The molecule has 7 heteroatoms. The molecular formula is C7H10FN3O3. The number of anilines is 1. The quantitative estimate of drug-likeness (QED) is 0.544. The topological polar surface area (TPSA) is 101 Å². The second-order valence-electron chi connectivity index (χ2n) is 2.75. The zero-order valence-corrected chi connectivity index (χ0v) is 7.22. The van der Waals surface area contributed by atoms with Gasteiger partial charge in [0.2, 0.25) is 0 Å². The summed E-state index contributed by atoms with van der Waals surface area (Å²) in [7, 11) is 0. The average Bonchev–Trinajstić information content (AvgIpc) is 2.14. The number of hydrogen-bond acceptors (Lipinski definition) is 5. The number of halogens is 1. The first-order valence-corrected chi connectivity index (χ1v) is 3.86. The molecule has 1 unspecified atom stereocenters. The number of rotatable bonds is 3. The molecule has 1 aromatic rings. The first kappa shape index (κ1) is 10.6. The Morgan fingerprint density at radius 2 is 2.36 bits per heavy atom. The number of aromatic nitrogens is 2. The van der Waals surface area contributed by atoms with E-state index in [-0.39, 0.29) is 6.54 Å². The smallest absolute Gasteiger partial charge is 0.349 e. The monoisotopic (exact) mass is 203 g/mol. The fraction of sp³-hybridized carbons (Fsp3) is 0.429. The number of aliphatic hydroxyl groups excluding tert-OH is 2. The lowest BCUT2D eigenvalue weighted by Gasteiger charge is -2.09. The molecule has 0 bridgehead atoms. The van der Waals surface area contributed by atoms with Gasteiger partial charge in [-0.1, -0.05) is 0 Å². The Morgan fingerprint density at radius 3 is 2.93 bits per heavy atom. The predicted molar refractivity (Wildman–Crippen MR) is 46.0 cm³/mol. The Labute approximate surface area is 78.4 Å². The van der Waals surface area contributed by atoms with E-state index >= 15 is 0 Å². The lowest BCUT2D eigenvalue weighted by Crippen LogP contribution is -2.30. The largest absolute Gasteiger partial charge is 0.394 e. The second-order valence-corrected chi connectivity index (χ2v) is 2.75. The molecule has 0 radical (unpaired) electrons. The van der Waals surface area contributed by atoms with Crippen molar-refractivity contribution in [3.8, 4) is 0 Å². The zero-order chi connectivity index (χ0) is 10.7. The second kappa shape index (κ2) is 4.16. The van der Waals surface area contributed by atoms with E-state index in [2.05, 4.69) is 4.98 Å². The van der Waals surface area contributed by atoms with Crippen molar-refractivity contribution in [2.45, 2.75) is 12.6 Å². The van der Waals surface area contributed by atoms with Crippen molar-refractivity contribution in [3.05, 3.63) is 22.5 Å². The van der Waals surface area contributed by atoms with Gasteiger partial charge >= 0.3 is 5.69 Å². The van der Waals surface area contributed by atoms with Gasteiger partial charge in [0, 0.05) is 6.20 Å². The Kier molecular flexibility index (Phi) is 3.15. The summed E-state index contributed by atoms with van der Waals surface area (Å²) in [6, 6.07) is 0. The van der Waals surface area contributed by atoms with E-state index in [0.717, 1.165) is 10.8 Å². The summed E-state index contributed by atoms with van der Waals surface area (Å²) in [5.41, 5.74) is 4.27. The van der Waals surface area contributed by atoms with Crippen molar-refractivity contribution >= 4 is 5.82 Å². The van der Waals surface area contributed by atoms with Gasteiger partial charge in [-0.25, -0.2) is 9.18 Å². The highest BCUT2D eigenvalue weighted by atomic mass is 19.1. The maximum Gasteiger partial charge on any atom is 0.349 e. The van der Waals surface area contributed by atoms with Crippen LogP contribution in [-0.2, 0) is 6.54 Å². The third-order valence-corrected chi connectivity index (χ3v) is 1.59. The van der Waals surface area contributed by atoms with Crippen molar-refractivity contribution in [2.75, 3.05) is 12.3 Å². The first-order valence-electron chi connectivity index (χ1n) is 3.86. The number of nitrogen functional groups attached to an aromatic ring is 1. The molecule has 1 heterocycles. The van der Waals surface area contributed by atoms with Gasteiger partial charge in [-0.3, -0.25) is 4.57 Å². The van der Waals surface area contributed by atoms with Gasteiger partial charge in [0.15, 0.2) is 11.6 Å². The molecule has 6 nitrogen and oxygen atoms in total. The van der Waals surface area contributed by atoms with Crippen LogP contribution in [0.1, 0.15) is 0 Å². The maximum atomic E-state index is 12.8. The highest BCUT2D eigenvalue weighted by molar-refractivity contribution is 5.26. The lowest BCUT2D eigenvalue weighted by atomic mass is 10.4. The predicted octanol–water partition coefficient (Wildman–Crippen LogP) is -1.68. The van der Waals surface area contributed by atoms with Crippen LogP contribution in [0, 0.1) is 5.82 Å². The van der Waals surface area contributed by atoms with Crippen molar-refractivity contribution in [1.29, 1.82) is 0 Å². The Balaban J connectivity index is 2.98. The normalized spacial score (nSPS) is 12.8. The number of hydrogen-bond donors (Lipinski definition) is 3. The van der Waals surface area contributed by atoms with Crippen molar-refractivity contribution in [1.82, 2.24) is 9.55 Å². The number of aliphatic hydroxyl groups is 2. The number of nitrogens with two attached hydrogens (primary N) is 1. The molecular weight excluding hydrogens is 193 g/mol. The van der Waals surface area contributed by atoms with Crippen LogP contribution in [0.3, 0.4) is 0 Å². The molecule has 1 rings (SSSR count). The fourth-order valence-corrected chi connectivity index (χ4v) is 0.894. The molecule has 0 aliphatic rings. The van der Waals surface area contributed by atoms with Crippen LogP contribution in [0.2, 0.25) is 0 Å². The van der Waals surface area contributed by atoms with Crippen molar-refractivity contribution < 1.29 is 14.6 Å². The SMILES string of the molecule is Nc1nc(=O)n(CC(O)CO)cc1F. The molecule has 0 aliphatic carbocycles. The van der Waals surface area contributed by atoms with Gasteiger partial charge in [0.1, 0.15) is 0 Å². The summed E-state index contributed by atoms with van der Waals surface area (Å²) in [5, 5.41) is 17.5. The summed E-state index contributed by atoms with van der Waals surface area (Å²) in [5.74, 6) is -1.32. The van der Waals surface area contributed by atoms with Crippen LogP contribution >= 0.6 is 0 Å². The molecule has 0 aliphatic heterocycles. The average molecular weight is 203 g/mol. The summed E-state index contributed by atoms with van der Waals surface area (Å²) >= 11 is 0. The summed E-state index contributed by atoms with van der Waals surface area (Å²) in [6.07, 6.45) is -0.290. The molecule has 1 atom stereocenters. The minimum absolute atomic E-state index is 0.223. The first-order chi connectivity index (χ1) is 6.54. The molecule has 0 saturated carbocycles. The Hall–Kier alpha value is -1.47. The Morgan fingerprint density at radius 1 is 1.71 bits per heavy atom. The van der Waals surface area contributed by atoms with Gasteiger partial charge in [0.25, 0.3) is 0 Å². The molecule has 0 fully saturated rings. The van der Waals surface area contributed by atoms with Crippen LogP contribution in [0.4, 0.5) is 10.2 Å². The van der Waals surface area contributed by atoms with Crippen LogP contribution in [0.15, 0.2) is 11.0 Å². The third kappa shape index (κ3) is 2.27. The van der Waals surface area contributed by atoms with Gasteiger partial charge in [-0.15, -0.1) is 0 Å². The minimum atomic E-state index is -1.13. The number of nitrogens with zero attached hydrogens (tertiary/aromatic N) is 2. The molecule has 0 spiro atoms. The van der Waals surface area contributed by atoms with Gasteiger partial charge in [0.05, 0.1) is 19.3 Å². The fourth-order valence-electron chi connectivity index (χ4n) is 0.894. The molecule has 78 valence electrons. The third-order valence-electron chi connectivity index (χ3n) is 1.59. The van der Waals surface area contributed by atoms with Gasteiger partial charge in [-0.05, 0) is 0 Å². The molecule has 1 aromatic heterocycles. The summed E-state index contributed by atoms with van der Waals surface area (Å²) < 4.78 is 13.7. The van der Waals surface area contributed by atoms with Gasteiger partial charge < -0.3 is 15.9 Å². The minimum Gasteiger partial charge on any atom is -0.394 e. The van der Waals surface area contributed by atoms with E-state index in [1.165, 1.54) is 0 Å². The standard InChI is InChI=1S/C7H10FN3O3/c8-5-2-11(1-4(13)3-12)7(14)10-6(5)9/h2,4,12-13H,1,3H2,(H2,9,10,14). The van der Waals surface area contributed by atoms with E-state index < -0.39 is 30.0 Å². The lowest BCUT2D eigenvalue weighted by molar-refractivity contribution is 0.0798. The van der Waals surface area contributed by atoms with Crippen LogP contribution in [0.5, 0.6) is 0 Å². The highest BCUT2D eigenvalue weighted by Gasteiger charge is 2.08. The highest BCUT2D eigenvalue weighted by Crippen LogP contribution is 2.01. The van der Waals surface area contributed by atoms with Crippen molar-refractivity contribution in [3.63, 3.8) is 0 Å². The maximum absolute atomic E-state index is 12.8. The Bertz CT molecular complexity index is 379. The van der Waals surface area contributed by atoms with Crippen molar-refractivity contribution in [2.24, 2.45) is 0 Å². The summed E-state index contributed by atoms with van der Waals surface area (Å²) in [6.45, 7) is -0.738. The van der Waals surface area contributed by atoms with Gasteiger partial charge in [-0.2, -0.15) is 4.98 Å². The van der Waals surface area contributed by atoms with Crippen LogP contribution in [-0.4, -0.2) is 32.5 Å². The van der Waals surface area contributed by atoms with Crippen LogP contribution in [0.25, 0.3) is 0 Å². The molecule has 0 amide bonds. The van der Waals surface area contributed by atoms with Crippen LogP contribution < -0.4 is 11.4 Å². The molecule has 14 heavy (non-hydrogen) atoms. The summed E-state index contributed by atoms with van der Waals surface area (Å²) in [4.78, 5) is 14.2. The zero-order valence-electron chi connectivity index (χ0n) is 7.22. The van der Waals surface area contributed by atoms with E-state index in [1.807, 2.05) is 0 Å². The van der Waals surface area contributed by atoms with E-state index in [0.29, 0.717) is 0 Å². The molecule has 0 aromatic carbocycles. The molecule has 4 N–H and O–H groups in total. The van der Waals surface area contributed by atoms with E-state index in [9.17, 15) is 9.18 Å². The molecule has 0 saturated heterocycles. The van der Waals surface area contributed by atoms with E-state index in [1.54, 1.807) is 0 Å².